The second-order valence-electron chi connectivity index (χ2n) is 20.1. The van der Waals surface area contributed by atoms with Gasteiger partial charge in [0.15, 0.2) is 0 Å². The molecule has 21 nitrogen and oxygen atoms in total. The Bertz CT molecular complexity index is 1590. The SMILES string of the molecule is CC(CCN=C=O)CC(C)(C)CN=C=O.CC(CN=C=O)CC(C)(C)CCN=C=O.CC(CO)(CO)C(=O)O.CC1(C)CC(N=C=O)CC(C)(CN=C=O)C1.CCN(CC)CC.NN.OCCCCO. The molecule has 1 fully saturated rings. The molecule has 0 aromatic heterocycles. The molecule has 9 N–H and O–H groups in total. The molecule has 0 aliphatic heterocycles. The monoisotopic (exact) mass is 1000 g/mol. The standard InChI is InChI=1S/C12H18N2O2.2C11H18N2O2.C6H15N.C5H10O4.C4H10O2.H4N2/c1-11(2)4-10(14-9-16)5-12(3,6-11)7-13-8-15;1-10(7-13-9-15)6-11(2,3)4-5-12-8-14;1-10(4-5-12-8-14)6-11(2,3)7-13-9-15;1-4-7(5-2)6-3;1-5(2-6,3-7)4(8)9;5-3-1-2-4-6;1-2/h10H,4-7H2,1-3H3;2*10H,4-7H2,1-3H3;4-6H2,1-3H3;6-7H,2-3H2,1H3,(H,8,9);5-6H,1-4H2;1-2H2. The lowest BCUT2D eigenvalue weighted by atomic mass is 9.63. The number of aliphatic imine (C=N–C) groups is 6. The highest BCUT2D eigenvalue weighted by Crippen LogP contribution is 2.47. The van der Waals surface area contributed by atoms with Crippen LogP contribution in [0.15, 0.2) is 30.0 Å². The number of isocyanates is 6. The van der Waals surface area contributed by atoms with E-state index in [1.807, 2.05) is 6.92 Å². The number of unbranched alkanes of at least 4 members (excludes halogenated alkanes) is 1. The minimum atomic E-state index is -1.39. The molecule has 4 unspecified atom stereocenters. The van der Waals surface area contributed by atoms with E-state index in [9.17, 15) is 33.6 Å². The summed E-state index contributed by atoms with van der Waals surface area (Å²) in [4.78, 5) is 94.5. The van der Waals surface area contributed by atoms with E-state index in [0.29, 0.717) is 44.6 Å². The number of hydrogen-bond acceptors (Lipinski definition) is 20. The van der Waals surface area contributed by atoms with Crippen molar-refractivity contribution < 1.29 is 59.1 Å². The van der Waals surface area contributed by atoms with Gasteiger partial charge in [-0.1, -0.05) is 83.1 Å². The number of aliphatic hydroxyl groups is 4. The number of carbonyl (C=O) groups is 1. The first-order valence-corrected chi connectivity index (χ1v) is 23.7. The van der Waals surface area contributed by atoms with Gasteiger partial charge < -0.3 is 30.4 Å². The number of carboxylic acid groups (broad SMARTS) is 1. The van der Waals surface area contributed by atoms with Crippen LogP contribution >= 0.6 is 0 Å². The summed E-state index contributed by atoms with van der Waals surface area (Å²) in [6.45, 7) is 32.1. The molecule has 0 bridgehead atoms. The molecule has 0 saturated heterocycles. The Morgan fingerprint density at radius 2 is 1.13 bits per heavy atom. The van der Waals surface area contributed by atoms with Crippen molar-refractivity contribution in [1.29, 1.82) is 0 Å². The third-order valence-electron chi connectivity index (χ3n) is 10.9. The number of aliphatic carboxylic acids is 1. The zero-order valence-electron chi connectivity index (χ0n) is 45.0. The molecule has 1 saturated carbocycles. The van der Waals surface area contributed by atoms with Gasteiger partial charge in [-0.25, -0.2) is 58.7 Å². The summed E-state index contributed by atoms with van der Waals surface area (Å²) < 4.78 is 0. The van der Waals surface area contributed by atoms with Crippen molar-refractivity contribution in [3.8, 4) is 0 Å². The van der Waals surface area contributed by atoms with Crippen LogP contribution in [-0.4, -0.2) is 158 Å². The van der Waals surface area contributed by atoms with Gasteiger partial charge in [0.2, 0.25) is 36.5 Å². The molecule has 70 heavy (non-hydrogen) atoms. The van der Waals surface area contributed by atoms with Gasteiger partial charge in [0.05, 0.1) is 52.0 Å². The van der Waals surface area contributed by atoms with Crippen LogP contribution in [0, 0.1) is 38.9 Å². The maximum Gasteiger partial charge on any atom is 0.314 e. The molecule has 0 heterocycles. The summed E-state index contributed by atoms with van der Waals surface area (Å²) >= 11 is 0. The lowest BCUT2D eigenvalue weighted by Crippen LogP contribution is -2.39. The van der Waals surface area contributed by atoms with E-state index in [4.69, 9.17) is 25.5 Å². The number of hydrazine groups is 1. The van der Waals surface area contributed by atoms with Crippen LogP contribution in [-0.2, 0) is 33.6 Å². The van der Waals surface area contributed by atoms with Gasteiger partial charge in [0.25, 0.3) is 0 Å². The smallest absolute Gasteiger partial charge is 0.314 e. The minimum absolute atomic E-state index is 0.00171. The summed E-state index contributed by atoms with van der Waals surface area (Å²) in [6, 6.07) is 0.00750. The topological polar surface area (TPSA) is 350 Å². The Morgan fingerprint density at radius 1 is 0.671 bits per heavy atom. The van der Waals surface area contributed by atoms with E-state index < -0.39 is 24.6 Å². The molecule has 1 rings (SSSR count). The number of nitrogens with zero attached hydrogens (tertiary/aromatic N) is 7. The predicted molar refractivity (Wildman–Crippen MR) is 272 cm³/mol. The van der Waals surface area contributed by atoms with Gasteiger partial charge >= 0.3 is 5.97 Å². The summed E-state index contributed by atoms with van der Waals surface area (Å²) in [5, 5.41) is 41.3. The van der Waals surface area contributed by atoms with E-state index in [2.05, 4.69) is 123 Å². The second kappa shape index (κ2) is 48.1. The molecule has 0 amide bonds. The van der Waals surface area contributed by atoms with Gasteiger partial charge in [-0.05, 0) is 118 Å². The largest absolute Gasteiger partial charge is 0.481 e. The highest BCUT2D eigenvalue weighted by molar-refractivity contribution is 5.74. The molecular weight excluding hydrogens is 907 g/mol. The number of carboxylic acids is 1. The molecule has 0 aromatic rings. The molecule has 4 atom stereocenters. The normalized spacial score (nSPS) is 16.1. The fourth-order valence-corrected chi connectivity index (χ4v) is 7.56. The summed E-state index contributed by atoms with van der Waals surface area (Å²) in [6.07, 6.45) is 17.1. The Morgan fingerprint density at radius 3 is 1.50 bits per heavy atom. The highest BCUT2D eigenvalue weighted by Gasteiger charge is 2.41. The predicted octanol–water partition coefficient (Wildman–Crippen LogP) is 5.42. The number of carbonyl (C=O) groups excluding carboxylic acids is 6. The first kappa shape index (κ1) is 76.9. The third kappa shape index (κ3) is 49.9. The van der Waals surface area contributed by atoms with Crippen LogP contribution in [0.5, 0.6) is 0 Å². The number of aliphatic hydroxyl groups excluding tert-OH is 4. The first-order chi connectivity index (χ1) is 32.8. The molecule has 0 spiro atoms. The minimum Gasteiger partial charge on any atom is -0.481 e. The molecule has 1 aliphatic carbocycles. The molecule has 21 heteroatoms. The Hall–Kier alpha value is -4.53. The maximum atomic E-state index is 10.3. The van der Waals surface area contributed by atoms with E-state index in [1.165, 1.54) is 38.7 Å². The summed E-state index contributed by atoms with van der Waals surface area (Å²) in [5.74, 6) is 7.62. The summed E-state index contributed by atoms with van der Waals surface area (Å²) in [7, 11) is 0. The van der Waals surface area contributed by atoms with E-state index >= 15 is 0 Å². The molecule has 1 aliphatic rings. The maximum absolute atomic E-state index is 10.3. The van der Waals surface area contributed by atoms with E-state index in [0.717, 1.165) is 57.8 Å². The molecule has 406 valence electrons. The zero-order valence-corrected chi connectivity index (χ0v) is 45.0. The van der Waals surface area contributed by atoms with Crippen molar-refractivity contribution in [2.24, 2.45) is 80.6 Å². The van der Waals surface area contributed by atoms with Gasteiger partial charge in [-0.3, -0.25) is 16.5 Å². The van der Waals surface area contributed by atoms with Crippen molar-refractivity contribution in [2.75, 3.05) is 78.8 Å². The van der Waals surface area contributed by atoms with E-state index in [1.54, 1.807) is 24.3 Å². The molecule has 0 radical (unpaired) electrons. The average molecular weight is 1000 g/mol. The van der Waals surface area contributed by atoms with Crippen molar-refractivity contribution in [3.63, 3.8) is 0 Å². The van der Waals surface area contributed by atoms with Crippen molar-refractivity contribution in [2.45, 2.75) is 154 Å². The zero-order chi connectivity index (χ0) is 55.7. The van der Waals surface area contributed by atoms with Crippen LogP contribution in [0.1, 0.15) is 148 Å². The fourth-order valence-electron chi connectivity index (χ4n) is 7.56. The van der Waals surface area contributed by atoms with Crippen LogP contribution in [0.25, 0.3) is 0 Å². The Balaban J connectivity index is -0.000000180. The summed E-state index contributed by atoms with van der Waals surface area (Å²) in [5.41, 5.74) is -1.22. The van der Waals surface area contributed by atoms with Gasteiger partial charge in [0, 0.05) is 13.2 Å². The van der Waals surface area contributed by atoms with Gasteiger partial charge in [-0.2, -0.15) is 0 Å². The average Bonchev–Trinajstić information content (AvgIpc) is 3.30. The fraction of sp³-hybridized carbons (Fsp3) is 0.857. The number of rotatable bonds is 26. The first-order valence-electron chi connectivity index (χ1n) is 23.7. The van der Waals surface area contributed by atoms with Crippen LogP contribution in [0.2, 0.25) is 0 Å². The quantitative estimate of drug-likeness (QED) is 0.0187. The Labute approximate surface area is 418 Å². The van der Waals surface area contributed by atoms with Gasteiger partial charge in [-0.15, -0.1) is 0 Å². The Kier molecular flexibility index (Phi) is 52.9. The third-order valence-corrected chi connectivity index (χ3v) is 10.9. The molecule has 0 aromatic carbocycles. The van der Waals surface area contributed by atoms with Crippen LogP contribution in [0.3, 0.4) is 0 Å². The van der Waals surface area contributed by atoms with Crippen LogP contribution in [0.4, 0.5) is 0 Å². The van der Waals surface area contributed by atoms with Gasteiger partial charge in [0.1, 0.15) is 5.41 Å². The van der Waals surface area contributed by atoms with Crippen molar-refractivity contribution >= 4 is 42.4 Å². The molecular formula is C49H93N9O12. The van der Waals surface area contributed by atoms with Crippen molar-refractivity contribution in [1.82, 2.24) is 4.90 Å². The number of hydrogen-bond donors (Lipinski definition) is 7. The van der Waals surface area contributed by atoms with E-state index in [-0.39, 0.29) is 40.9 Å². The lowest BCUT2D eigenvalue weighted by molar-refractivity contribution is -0.152. The van der Waals surface area contributed by atoms with Crippen molar-refractivity contribution in [3.05, 3.63) is 0 Å². The highest BCUT2D eigenvalue weighted by atomic mass is 16.4. The number of nitrogens with two attached hydrogens (primary N) is 2. The second-order valence-corrected chi connectivity index (χ2v) is 20.1. The van der Waals surface area contributed by atoms with Crippen LogP contribution < -0.4 is 11.7 Å². The lowest BCUT2D eigenvalue weighted by Gasteiger charge is -2.44.